The summed E-state index contributed by atoms with van der Waals surface area (Å²) < 4.78 is 25.1. The minimum absolute atomic E-state index is 0.0586. The van der Waals surface area contributed by atoms with Gasteiger partial charge in [0.1, 0.15) is 12.4 Å². The molecule has 0 fully saturated rings. The van der Waals surface area contributed by atoms with Crippen LogP contribution in [0.25, 0.3) is 0 Å². The molecule has 7 heteroatoms. The quantitative estimate of drug-likeness (QED) is 0.635. The number of fused-ring (bicyclic) bond motifs is 1. The van der Waals surface area contributed by atoms with Gasteiger partial charge in [0.25, 0.3) is 5.91 Å². The zero-order valence-electron chi connectivity index (χ0n) is 15.3. The van der Waals surface area contributed by atoms with Crippen molar-refractivity contribution in [2.75, 3.05) is 6.61 Å². The smallest absolute Gasteiger partial charge is 0.284 e. The molecule has 0 unspecified atom stereocenters. The van der Waals surface area contributed by atoms with Gasteiger partial charge in [-0.05, 0) is 35.2 Å². The van der Waals surface area contributed by atoms with Crippen LogP contribution in [0.5, 0.6) is 11.5 Å². The topological polar surface area (TPSA) is 59.9 Å². The van der Waals surface area contributed by atoms with E-state index >= 15 is 0 Å². The molecule has 0 bridgehead atoms. The van der Waals surface area contributed by atoms with Crippen molar-refractivity contribution in [3.63, 3.8) is 0 Å². The second-order valence-corrected chi connectivity index (χ2v) is 7.61. The maximum absolute atomic E-state index is 13.7. The van der Waals surface area contributed by atoms with Crippen molar-refractivity contribution in [1.82, 2.24) is 5.43 Å². The lowest BCUT2D eigenvalue weighted by Crippen LogP contribution is -2.42. The van der Waals surface area contributed by atoms with Gasteiger partial charge in [-0.1, -0.05) is 44.5 Å². The summed E-state index contributed by atoms with van der Waals surface area (Å²) in [4.78, 5) is 12.3. The summed E-state index contributed by atoms with van der Waals surface area (Å²) in [5.74, 6) is 0.0792. The number of rotatable bonds is 3. The lowest BCUT2D eigenvalue weighted by Gasteiger charge is -2.27. The van der Waals surface area contributed by atoms with Crippen LogP contribution in [0.3, 0.4) is 0 Å². The number of carbonyl (C=O) groups is 1. The van der Waals surface area contributed by atoms with Gasteiger partial charge in [-0.3, -0.25) is 4.79 Å². The number of ether oxygens (including phenoxy) is 2. The Morgan fingerprint density at radius 3 is 2.78 bits per heavy atom. The fourth-order valence-electron chi connectivity index (χ4n) is 2.53. The number of hydrazone groups is 1. The number of nitrogens with zero attached hydrogens (tertiary/aromatic N) is 1. The molecule has 2 aromatic rings. The molecule has 5 nitrogen and oxygen atoms in total. The van der Waals surface area contributed by atoms with Crippen molar-refractivity contribution >= 4 is 23.7 Å². The minimum Gasteiger partial charge on any atom is -0.485 e. The minimum atomic E-state index is -0.860. The molecule has 2 aromatic carbocycles. The van der Waals surface area contributed by atoms with Crippen molar-refractivity contribution in [3.05, 3.63) is 58.4 Å². The van der Waals surface area contributed by atoms with Gasteiger partial charge in [0.05, 0.1) is 11.2 Å². The third kappa shape index (κ3) is 4.39. The van der Waals surface area contributed by atoms with E-state index in [0.29, 0.717) is 11.5 Å². The highest BCUT2D eigenvalue weighted by atomic mass is 35.5. The van der Waals surface area contributed by atoms with Gasteiger partial charge in [0.2, 0.25) is 6.10 Å². The van der Waals surface area contributed by atoms with Crippen LogP contribution in [-0.4, -0.2) is 24.8 Å². The second-order valence-electron chi connectivity index (χ2n) is 7.20. The third-order valence-electron chi connectivity index (χ3n) is 4.13. The number of hydrogen-bond acceptors (Lipinski definition) is 4. The van der Waals surface area contributed by atoms with Crippen LogP contribution in [0.1, 0.15) is 31.9 Å². The Morgan fingerprint density at radius 2 is 2.07 bits per heavy atom. The van der Waals surface area contributed by atoms with Crippen LogP contribution in [0, 0.1) is 5.82 Å². The van der Waals surface area contributed by atoms with E-state index in [1.54, 1.807) is 0 Å². The molecule has 0 aliphatic carbocycles. The number of amides is 1. The summed E-state index contributed by atoms with van der Waals surface area (Å²) in [6, 6.07) is 9.97. The SMILES string of the molecule is CC(C)(C)c1ccc2c(c1)O[C@@H](C(=O)N/N=C/c1c(F)cccc1Cl)CO2. The summed E-state index contributed by atoms with van der Waals surface area (Å²) in [5.41, 5.74) is 3.44. The zero-order chi connectivity index (χ0) is 19.6. The molecule has 1 amide bonds. The summed E-state index contributed by atoms with van der Waals surface area (Å²) in [6.45, 7) is 6.32. The summed E-state index contributed by atoms with van der Waals surface area (Å²) in [7, 11) is 0. The first kappa shape index (κ1) is 19.2. The lowest BCUT2D eigenvalue weighted by atomic mass is 9.87. The molecular formula is C20H20ClFN2O3. The molecule has 1 aliphatic heterocycles. The first-order valence-electron chi connectivity index (χ1n) is 8.46. The predicted octanol–water partition coefficient (Wildman–Crippen LogP) is 4.07. The van der Waals surface area contributed by atoms with Gasteiger partial charge >= 0.3 is 0 Å². The molecule has 0 radical (unpaired) electrons. The monoisotopic (exact) mass is 390 g/mol. The van der Waals surface area contributed by atoms with E-state index in [2.05, 4.69) is 31.3 Å². The summed E-state index contributed by atoms with van der Waals surface area (Å²) >= 11 is 5.91. The highest BCUT2D eigenvalue weighted by molar-refractivity contribution is 6.33. The Labute approximate surface area is 162 Å². The number of hydrogen-bond donors (Lipinski definition) is 1. The maximum Gasteiger partial charge on any atom is 0.284 e. The molecule has 0 spiro atoms. The molecule has 0 saturated heterocycles. The average molecular weight is 391 g/mol. The van der Waals surface area contributed by atoms with E-state index in [-0.39, 0.29) is 22.6 Å². The molecule has 1 atom stereocenters. The van der Waals surface area contributed by atoms with Crippen molar-refractivity contribution in [1.29, 1.82) is 0 Å². The molecule has 1 heterocycles. The van der Waals surface area contributed by atoms with Crippen LogP contribution >= 0.6 is 11.6 Å². The second kappa shape index (κ2) is 7.56. The maximum atomic E-state index is 13.7. The average Bonchev–Trinajstić information content (AvgIpc) is 2.62. The highest BCUT2D eigenvalue weighted by Crippen LogP contribution is 2.36. The number of benzene rings is 2. The number of nitrogens with one attached hydrogen (secondary N) is 1. The van der Waals surface area contributed by atoms with Crippen molar-refractivity contribution < 1.29 is 18.7 Å². The van der Waals surface area contributed by atoms with Gasteiger partial charge < -0.3 is 9.47 Å². The van der Waals surface area contributed by atoms with E-state index in [1.165, 1.54) is 18.2 Å². The summed E-state index contributed by atoms with van der Waals surface area (Å²) in [5, 5.41) is 3.97. The van der Waals surface area contributed by atoms with Crippen molar-refractivity contribution in [2.24, 2.45) is 5.10 Å². The van der Waals surface area contributed by atoms with Gasteiger partial charge in [-0.25, -0.2) is 9.82 Å². The Morgan fingerprint density at radius 1 is 1.30 bits per heavy atom. The zero-order valence-corrected chi connectivity index (χ0v) is 16.0. The van der Waals surface area contributed by atoms with Crippen LogP contribution in [0.4, 0.5) is 4.39 Å². The van der Waals surface area contributed by atoms with Crippen molar-refractivity contribution in [3.8, 4) is 11.5 Å². The first-order valence-corrected chi connectivity index (χ1v) is 8.84. The summed E-state index contributed by atoms with van der Waals surface area (Å²) in [6.07, 6.45) is 0.297. The molecule has 0 saturated carbocycles. The Balaban J connectivity index is 1.68. The normalized spacial score (nSPS) is 16.4. The van der Waals surface area contributed by atoms with E-state index < -0.39 is 17.8 Å². The highest BCUT2D eigenvalue weighted by Gasteiger charge is 2.28. The molecule has 3 rings (SSSR count). The molecule has 1 aliphatic rings. The van der Waals surface area contributed by atoms with Gasteiger partial charge in [-0.2, -0.15) is 5.10 Å². The fourth-order valence-corrected chi connectivity index (χ4v) is 2.75. The number of carbonyl (C=O) groups excluding carboxylic acids is 1. The first-order chi connectivity index (χ1) is 12.8. The third-order valence-corrected chi connectivity index (χ3v) is 4.46. The van der Waals surface area contributed by atoms with E-state index in [4.69, 9.17) is 21.1 Å². The van der Waals surface area contributed by atoms with Gasteiger partial charge in [0.15, 0.2) is 11.5 Å². The van der Waals surface area contributed by atoms with E-state index in [0.717, 1.165) is 11.8 Å². The number of halogens is 2. The largest absolute Gasteiger partial charge is 0.485 e. The predicted molar refractivity (Wildman–Crippen MR) is 102 cm³/mol. The molecule has 1 N–H and O–H groups in total. The molecule has 27 heavy (non-hydrogen) atoms. The molecular weight excluding hydrogens is 371 g/mol. The van der Waals surface area contributed by atoms with Crippen LogP contribution < -0.4 is 14.9 Å². The van der Waals surface area contributed by atoms with Gasteiger partial charge in [0, 0.05) is 5.56 Å². The lowest BCUT2D eigenvalue weighted by molar-refractivity contribution is -0.130. The van der Waals surface area contributed by atoms with Crippen LogP contribution in [0.2, 0.25) is 5.02 Å². The van der Waals surface area contributed by atoms with Crippen molar-refractivity contribution in [2.45, 2.75) is 32.3 Å². The Kier molecular flexibility index (Phi) is 5.37. The van der Waals surface area contributed by atoms with E-state index in [1.807, 2.05) is 18.2 Å². The fraction of sp³-hybridized carbons (Fsp3) is 0.300. The molecule has 0 aromatic heterocycles. The van der Waals surface area contributed by atoms with Crippen LogP contribution in [0.15, 0.2) is 41.5 Å². The Hall–Kier alpha value is -2.60. The Bertz CT molecular complexity index is 873. The van der Waals surface area contributed by atoms with Crippen LogP contribution in [-0.2, 0) is 10.2 Å². The molecule has 142 valence electrons. The standard InChI is InChI=1S/C20H20ClFN2O3/c1-20(2,3)12-7-8-16-17(9-12)27-18(11-26-16)19(25)24-23-10-13-14(21)5-4-6-15(13)22/h4-10,18H,11H2,1-3H3,(H,24,25)/b23-10+/t18-/m1/s1. The van der Waals surface area contributed by atoms with E-state index in [9.17, 15) is 9.18 Å². The van der Waals surface area contributed by atoms with Gasteiger partial charge in [-0.15, -0.1) is 0 Å².